The van der Waals surface area contributed by atoms with Crippen LogP contribution in [0, 0.1) is 0 Å². The van der Waals surface area contributed by atoms with Gasteiger partial charge in [0.2, 0.25) is 0 Å². The van der Waals surface area contributed by atoms with Gasteiger partial charge < -0.3 is 4.98 Å². The summed E-state index contributed by atoms with van der Waals surface area (Å²) in [5.74, 6) is 0.511. The molecule has 0 spiro atoms. The van der Waals surface area contributed by atoms with Gasteiger partial charge in [0.05, 0.1) is 12.0 Å². The van der Waals surface area contributed by atoms with E-state index in [9.17, 15) is 4.79 Å². The van der Waals surface area contributed by atoms with Crippen molar-refractivity contribution < 1.29 is 0 Å². The van der Waals surface area contributed by atoms with Gasteiger partial charge in [-0.25, -0.2) is 4.98 Å². The van der Waals surface area contributed by atoms with Gasteiger partial charge in [-0.3, -0.25) is 4.79 Å². The van der Waals surface area contributed by atoms with Gasteiger partial charge in [-0.1, -0.05) is 45.0 Å². The number of H-pyrrole nitrogens is 1. The van der Waals surface area contributed by atoms with Crippen LogP contribution >= 0.6 is 0 Å². The summed E-state index contributed by atoms with van der Waals surface area (Å²) in [5.41, 5.74) is 3.78. The highest BCUT2D eigenvalue weighted by atomic mass is 16.1. The molecule has 3 nitrogen and oxygen atoms in total. The molecular formula is C15H18N2O. The Kier molecular flexibility index (Phi) is 3.60. The van der Waals surface area contributed by atoms with E-state index in [2.05, 4.69) is 35.9 Å². The van der Waals surface area contributed by atoms with Crippen molar-refractivity contribution in [1.29, 1.82) is 0 Å². The Labute approximate surface area is 107 Å². The van der Waals surface area contributed by atoms with Crippen LogP contribution in [-0.2, 0) is 6.42 Å². The Morgan fingerprint density at radius 1 is 1.22 bits per heavy atom. The topological polar surface area (TPSA) is 45.8 Å². The van der Waals surface area contributed by atoms with Crippen molar-refractivity contribution in [3.8, 4) is 11.3 Å². The van der Waals surface area contributed by atoms with Gasteiger partial charge >= 0.3 is 0 Å². The monoisotopic (exact) mass is 242 g/mol. The molecule has 2 rings (SSSR count). The maximum atomic E-state index is 11.7. The molecule has 1 aromatic carbocycles. The fraction of sp³-hybridized carbons (Fsp3) is 0.333. The van der Waals surface area contributed by atoms with E-state index >= 15 is 0 Å². The minimum Gasteiger partial charge on any atom is -0.313 e. The van der Waals surface area contributed by atoms with Crippen molar-refractivity contribution in [1.82, 2.24) is 9.97 Å². The summed E-state index contributed by atoms with van der Waals surface area (Å²) in [5, 5.41) is 0. The maximum absolute atomic E-state index is 11.7. The molecule has 18 heavy (non-hydrogen) atoms. The number of hydrogen-bond donors (Lipinski definition) is 1. The van der Waals surface area contributed by atoms with Crippen molar-refractivity contribution in [3.63, 3.8) is 0 Å². The number of rotatable bonds is 3. The lowest BCUT2D eigenvalue weighted by Crippen LogP contribution is -2.14. The van der Waals surface area contributed by atoms with Gasteiger partial charge in [0.25, 0.3) is 5.56 Å². The Bertz CT molecular complexity index is 582. The third-order valence-corrected chi connectivity index (χ3v) is 3.15. The van der Waals surface area contributed by atoms with Gasteiger partial charge in [0, 0.05) is 11.1 Å². The van der Waals surface area contributed by atoms with Crippen LogP contribution in [0.3, 0.4) is 0 Å². The van der Waals surface area contributed by atoms with Crippen LogP contribution in [0.15, 0.2) is 35.4 Å². The second kappa shape index (κ2) is 5.17. The molecule has 0 aliphatic carbocycles. The second-order valence-electron chi connectivity index (χ2n) is 4.69. The summed E-state index contributed by atoms with van der Waals surface area (Å²) in [6.07, 6.45) is 2.15. The van der Waals surface area contributed by atoms with Gasteiger partial charge in [-0.15, -0.1) is 0 Å². The summed E-state index contributed by atoms with van der Waals surface area (Å²) in [6.45, 7) is 6.30. The van der Waals surface area contributed by atoms with Gasteiger partial charge in [-0.2, -0.15) is 0 Å². The average molecular weight is 242 g/mol. The number of hydrogen-bond acceptors (Lipinski definition) is 2. The predicted octanol–water partition coefficient (Wildman–Crippen LogP) is 3.12. The summed E-state index contributed by atoms with van der Waals surface area (Å²) in [7, 11) is 0. The van der Waals surface area contributed by atoms with Crippen LogP contribution < -0.4 is 5.56 Å². The first-order valence-corrected chi connectivity index (χ1v) is 6.30. The van der Waals surface area contributed by atoms with Gasteiger partial charge in [0.1, 0.15) is 0 Å². The molecule has 0 aliphatic heterocycles. The summed E-state index contributed by atoms with van der Waals surface area (Å²) >= 11 is 0. The number of nitrogens with one attached hydrogen (secondary N) is 1. The third-order valence-electron chi connectivity index (χ3n) is 3.15. The molecule has 1 heterocycles. The standard InChI is InChI=1S/C15H18N2O/c1-4-13-14(16-9-17-15(13)18)12-7-5-11(6-8-12)10(2)3/h5-10H,4H2,1-3H3,(H,16,17,18). The van der Waals surface area contributed by atoms with Gasteiger partial charge in [0.15, 0.2) is 0 Å². The largest absolute Gasteiger partial charge is 0.313 e. The highest BCUT2D eigenvalue weighted by molar-refractivity contribution is 5.62. The Balaban J connectivity index is 2.49. The molecule has 0 bridgehead atoms. The molecule has 0 saturated carbocycles. The van der Waals surface area contributed by atoms with Crippen molar-refractivity contribution in [2.45, 2.75) is 33.1 Å². The van der Waals surface area contributed by atoms with Crippen molar-refractivity contribution in [2.24, 2.45) is 0 Å². The predicted molar refractivity (Wildman–Crippen MR) is 73.8 cm³/mol. The molecule has 3 heteroatoms. The Hall–Kier alpha value is -1.90. The summed E-state index contributed by atoms with van der Waals surface area (Å²) in [4.78, 5) is 18.6. The molecule has 1 aromatic heterocycles. The molecule has 0 amide bonds. The minimum absolute atomic E-state index is 0.0459. The zero-order valence-corrected chi connectivity index (χ0v) is 11.0. The molecule has 2 aromatic rings. The molecular weight excluding hydrogens is 224 g/mol. The normalized spacial score (nSPS) is 10.9. The lowest BCUT2D eigenvalue weighted by atomic mass is 9.99. The van der Waals surface area contributed by atoms with E-state index in [-0.39, 0.29) is 5.56 Å². The number of nitrogens with zero attached hydrogens (tertiary/aromatic N) is 1. The Morgan fingerprint density at radius 2 is 1.89 bits per heavy atom. The lowest BCUT2D eigenvalue weighted by molar-refractivity contribution is 0.867. The van der Waals surface area contributed by atoms with E-state index in [1.807, 2.05) is 19.1 Å². The first-order chi connectivity index (χ1) is 8.63. The minimum atomic E-state index is -0.0459. The van der Waals surface area contributed by atoms with E-state index in [0.29, 0.717) is 12.3 Å². The molecule has 0 saturated heterocycles. The molecule has 0 radical (unpaired) electrons. The van der Waals surface area contributed by atoms with Crippen LogP contribution in [0.5, 0.6) is 0 Å². The maximum Gasteiger partial charge on any atom is 0.254 e. The first-order valence-electron chi connectivity index (χ1n) is 6.30. The van der Waals surface area contributed by atoms with Crippen LogP contribution in [0.2, 0.25) is 0 Å². The highest BCUT2D eigenvalue weighted by Gasteiger charge is 2.09. The van der Waals surface area contributed by atoms with Crippen molar-refractivity contribution >= 4 is 0 Å². The fourth-order valence-electron chi connectivity index (χ4n) is 2.03. The quantitative estimate of drug-likeness (QED) is 0.898. The van der Waals surface area contributed by atoms with E-state index in [0.717, 1.165) is 16.8 Å². The highest BCUT2D eigenvalue weighted by Crippen LogP contribution is 2.22. The van der Waals surface area contributed by atoms with E-state index in [1.54, 1.807) is 0 Å². The fourth-order valence-corrected chi connectivity index (χ4v) is 2.03. The zero-order chi connectivity index (χ0) is 13.1. The third kappa shape index (κ3) is 2.35. The molecule has 0 aliphatic rings. The van der Waals surface area contributed by atoms with E-state index < -0.39 is 0 Å². The number of aromatic nitrogens is 2. The van der Waals surface area contributed by atoms with Crippen molar-refractivity contribution in [3.05, 3.63) is 52.1 Å². The van der Waals surface area contributed by atoms with E-state index in [4.69, 9.17) is 0 Å². The SMILES string of the molecule is CCc1c(-c2ccc(C(C)C)cc2)nc[nH]c1=O. The number of aromatic amines is 1. The van der Waals surface area contributed by atoms with E-state index in [1.165, 1.54) is 11.9 Å². The van der Waals surface area contributed by atoms with Gasteiger partial charge in [-0.05, 0) is 17.9 Å². The first kappa shape index (κ1) is 12.6. The summed E-state index contributed by atoms with van der Waals surface area (Å²) < 4.78 is 0. The van der Waals surface area contributed by atoms with Crippen LogP contribution in [-0.4, -0.2) is 9.97 Å². The van der Waals surface area contributed by atoms with Crippen molar-refractivity contribution in [2.75, 3.05) is 0 Å². The summed E-state index contributed by atoms with van der Waals surface area (Å²) in [6, 6.07) is 8.27. The van der Waals surface area contributed by atoms with Crippen LogP contribution in [0.25, 0.3) is 11.3 Å². The molecule has 1 N–H and O–H groups in total. The average Bonchev–Trinajstić information content (AvgIpc) is 2.38. The Morgan fingerprint density at radius 3 is 2.44 bits per heavy atom. The van der Waals surface area contributed by atoms with Crippen LogP contribution in [0.4, 0.5) is 0 Å². The second-order valence-corrected chi connectivity index (χ2v) is 4.69. The lowest BCUT2D eigenvalue weighted by Gasteiger charge is -2.08. The molecule has 0 fully saturated rings. The number of benzene rings is 1. The molecule has 94 valence electrons. The molecule has 0 unspecified atom stereocenters. The van der Waals surface area contributed by atoms with Crippen LogP contribution in [0.1, 0.15) is 37.8 Å². The molecule has 0 atom stereocenters. The smallest absolute Gasteiger partial charge is 0.254 e. The zero-order valence-electron chi connectivity index (χ0n) is 11.0.